The van der Waals surface area contributed by atoms with Crippen LogP contribution in [0.25, 0.3) is 0 Å². The van der Waals surface area contributed by atoms with E-state index in [0.717, 1.165) is 12.3 Å². The lowest BCUT2D eigenvalue weighted by molar-refractivity contribution is -0.138. The topological polar surface area (TPSA) is 29.3 Å². The number of rotatable bonds is 2. The van der Waals surface area contributed by atoms with Gasteiger partial charge in [0, 0.05) is 35.8 Å². The maximum absolute atomic E-state index is 13.1. The maximum atomic E-state index is 13.1. The minimum Gasteiger partial charge on any atom is -0.367 e. The van der Waals surface area contributed by atoms with E-state index in [-0.39, 0.29) is 18.2 Å². The molecule has 0 aliphatic carbocycles. The van der Waals surface area contributed by atoms with E-state index in [2.05, 4.69) is 18.7 Å². The first kappa shape index (κ1) is 15.5. The lowest BCUT2D eigenvalue weighted by Crippen LogP contribution is -2.44. The summed E-state index contributed by atoms with van der Waals surface area (Å²) in [6, 6.07) is 4.70. The van der Waals surface area contributed by atoms with Crippen LogP contribution in [-0.2, 0) is 12.7 Å². The van der Waals surface area contributed by atoms with E-state index in [9.17, 15) is 13.2 Å². The summed E-state index contributed by atoms with van der Waals surface area (Å²) in [5.74, 6) is 0.936. The van der Waals surface area contributed by atoms with Crippen molar-refractivity contribution in [2.24, 2.45) is 5.73 Å². The highest BCUT2D eigenvalue weighted by molar-refractivity contribution is 8.00. The molecule has 2 atom stereocenters. The van der Waals surface area contributed by atoms with Gasteiger partial charge < -0.3 is 10.6 Å². The molecule has 0 aromatic heterocycles. The van der Waals surface area contributed by atoms with Crippen LogP contribution < -0.4 is 10.6 Å². The SMILES string of the molecule is CC1SCCN(c2ccc(CN)c(C(F)(F)F)c2)C1C. The summed E-state index contributed by atoms with van der Waals surface area (Å²) >= 11 is 1.86. The Kier molecular flexibility index (Phi) is 4.54. The molecule has 6 heteroatoms. The van der Waals surface area contributed by atoms with E-state index in [1.165, 1.54) is 12.1 Å². The Morgan fingerprint density at radius 3 is 2.65 bits per heavy atom. The molecule has 1 saturated heterocycles. The fourth-order valence-corrected chi connectivity index (χ4v) is 3.58. The Morgan fingerprint density at radius 1 is 1.35 bits per heavy atom. The minimum absolute atomic E-state index is 0.100. The van der Waals surface area contributed by atoms with Crippen LogP contribution in [0.3, 0.4) is 0 Å². The summed E-state index contributed by atoms with van der Waals surface area (Å²) < 4.78 is 39.2. The highest BCUT2D eigenvalue weighted by Gasteiger charge is 2.34. The predicted octanol–water partition coefficient (Wildman–Crippen LogP) is 3.49. The molecular weight excluding hydrogens is 285 g/mol. The van der Waals surface area contributed by atoms with Crippen LogP contribution in [0, 0.1) is 0 Å². The fraction of sp³-hybridized carbons (Fsp3) is 0.571. The number of hydrogen-bond acceptors (Lipinski definition) is 3. The number of halogens is 3. The Hall–Kier alpha value is -0.880. The Balaban J connectivity index is 2.38. The molecule has 1 aliphatic heterocycles. The van der Waals surface area contributed by atoms with Gasteiger partial charge in [-0.05, 0) is 24.6 Å². The summed E-state index contributed by atoms with van der Waals surface area (Å²) in [6.07, 6.45) is -4.36. The van der Waals surface area contributed by atoms with Crippen molar-refractivity contribution in [2.45, 2.75) is 37.9 Å². The Bertz CT molecular complexity index is 476. The summed E-state index contributed by atoms with van der Waals surface area (Å²) in [7, 11) is 0. The van der Waals surface area contributed by atoms with Crippen LogP contribution in [0.2, 0.25) is 0 Å². The van der Waals surface area contributed by atoms with Gasteiger partial charge in [-0.25, -0.2) is 0 Å². The predicted molar refractivity (Wildman–Crippen MR) is 78.1 cm³/mol. The zero-order chi connectivity index (χ0) is 14.9. The highest BCUT2D eigenvalue weighted by atomic mass is 32.2. The lowest BCUT2D eigenvalue weighted by Gasteiger charge is -2.39. The van der Waals surface area contributed by atoms with Crippen molar-refractivity contribution in [2.75, 3.05) is 17.2 Å². The smallest absolute Gasteiger partial charge is 0.367 e. The molecule has 2 nitrogen and oxygen atoms in total. The van der Waals surface area contributed by atoms with Gasteiger partial charge in [-0.15, -0.1) is 0 Å². The molecule has 2 unspecified atom stereocenters. The molecule has 0 amide bonds. The number of alkyl halides is 3. The van der Waals surface area contributed by atoms with Crippen molar-refractivity contribution in [3.05, 3.63) is 29.3 Å². The molecule has 0 radical (unpaired) electrons. The number of nitrogens with two attached hydrogens (primary N) is 1. The first-order valence-corrected chi connectivity index (χ1v) is 7.68. The molecule has 0 spiro atoms. The number of anilines is 1. The van der Waals surface area contributed by atoms with Crippen molar-refractivity contribution in [3.8, 4) is 0 Å². The lowest BCUT2D eigenvalue weighted by atomic mass is 10.0. The van der Waals surface area contributed by atoms with Gasteiger partial charge in [0.15, 0.2) is 0 Å². The third-order valence-corrected chi connectivity index (χ3v) is 5.17. The van der Waals surface area contributed by atoms with Crippen LogP contribution in [0.5, 0.6) is 0 Å². The van der Waals surface area contributed by atoms with E-state index in [0.29, 0.717) is 10.9 Å². The quantitative estimate of drug-likeness (QED) is 0.907. The molecule has 0 saturated carbocycles. The van der Waals surface area contributed by atoms with Gasteiger partial charge in [-0.3, -0.25) is 0 Å². The third kappa shape index (κ3) is 3.06. The Morgan fingerprint density at radius 2 is 2.05 bits per heavy atom. The van der Waals surface area contributed by atoms with Crippen LogP contribution in [0.15, 0.2) is 18.2 Å². The van der Waals surface area contributed by atoms with Gasteiger partial charge in [-0.2, -0.15) is 24.9 Å². The van der Waals surface area contributed by atoms with E-state index in [1.54, 1.807) is 6.07 Å². The van der Waals surface area contributed by atoms with Gasteiger partial charge in [0.1, 0.15) is 0 Å². The summed E-state index contributed by atoms with van der Waals surface area (Å²) in [6.45, 7) is 4.84. The highest BCUT2D eigenvalue weighted by Crippen LogP contribution is 2.36. The maximum Gasteiger partial charge on any atom is 0.416 e. The molecule has 1 aromatic carbocycles. The summed E-state index contributed by atoms with van der Waals surface area (Å²) in [4.78, 5) is 2.05. The third-order valence-electron chi connectivity index (χ3n) is 3.83. The molecule has 1 aromatic rings. The van der Waals surface area contributed by atoms with Crippen molar-refractivity contribution in [3.63, 3.8) is 0 Å². The van der Waals surface area contributed by atoms with Gasteiger partial charge in [0.05, 0.1) is 5.56 Å². The second-order valence-corrected chi connectivity index (χ2v) is 6.54. The molecule has 1 fully saturated rings. The number of benzene rings is 1. The van der Waals surface area contributed by atoms with Crippen LogP contribution in [0.1, 0.15) is 25.0 Å². The van der Waals surface area contributed by atoms with E-state index in [1.807, 2.05) is 11.8 Å². The average molecular weight is 304 g/mol. The summed E-state index contributed by atoms with van der Waals surface area (Å²) in [5.41, 5.74) is 5.57. The van der Waals surface area contributed by atoms with E-state index >= 15 is 0 Å². The first-order valence-electron chi connectivity index (χ1n) is 6.63. The standard InChI is InChI=1S/C14H19F3N2S/c1-9-10(2)20-6-5-19(9)12-4-3-11(8-18)13(7-12)14(15,16)17/h3-4,7,9-10H,5-6,8,18H2,1-2H3. The molecular formula is C14H19F3N2S. The first-order chi connectivity index (χ1) is 9.34. The van der Waals surface area contributed by atoms with Crippen molar-refractivity contribution < 1.29 is 13.2 Å². The molecule has 20 heavy (non-hydrogen) atoms. The molecule has 1 heterocycles. The number of hydrogen-bond donors (Lipinski definition) is 1. The van der Waals surface area contributed by atoms with Gasteiger partial charge in [-0.1, -0.05) is 13.0 Å². The number of nitrogens with zero attached hydrogens (tertiary/aromatic N) is 1. The second kappa shape index (κ2) is 5.85. The van der Waals surface area contributed by atoms with Crippen molar-refractivity contribution in [1.82, 2.24) is 0 Å². The molecule has 0 bridgehead atoms. The van der Waals surface area contributed by atoms with E-state index < -0.39 is 11.7 Å². The van der Waals surface area contributed by atoms with Gasteiger partial charge in [0.25, 0.3) is 0 Å². The van der Waals surface area contributed by atoms with Crippen molar-refractivity contribution >= 4 is 17.4 Å². The second-order valence-electron chi connectivity index (χ2n) is 5.05. The average Bonchev–Trinajstić information content (AvgIpc) is 2.40. The van der Waals surface area contributed by atoms with Crippen molar-refractivity contribution in [1.29, 1.82) is 0 Å². The number of thioether (sulfide) groups is 1. The largest absolute Gasteiger partial charge is 0.416 e. The van der Waals surface area contributed by atoms with Gasteiger partial charge in [0.2, 0.25) is 0 Å². The Labute approximate surface area is 121 Å². The van der Waals surface area contributed by atoms with Crippen LogP contribution in [0.4, 0.5) is 18.9 Å². The zero-order valence-electron chi connectivity index (χ0n) is 11.6. The van der Waals surface area contributed by atoms with Crippen LogP contribution >= 0.6 is 11.8 Å². The van der Waals surface area contributed by atoms with Crippen LogP contribution in [-0.4, -0.2) is 23.6 Å². The monoisotopic (exact) mass is 304 g/mol. The van der Waals surface area contributed by atoms with E-state index in [4.69, 9.17) is 5.73 Å². The van der Waals surface area contributed by atoms with Gasteiger partial charge >= 0.3 is 6.18 Å². The molecule has 112 valence electrons. The fourth-order valence-electron chi connectivity index (χ4n) is 2.48. The normalized spacial score (nSPS) is 24.0. The zero-order valence-corrected chi connectivity index (χ0v) is 12.4. The molecule has 1 aliphatic rings. The summed E-state index contributed by atoms with van der Waals surface area (Å²) in [5, 5.41) is 0.410. The molecule has 2 N–H and O–H groups in total. The molecule has 2 rings (SSSR count). The minimum atomic E-state index is -4.36.